The number of alkyl halides is 3. The lowest BCUT2D eigenvalue weighted by Gasteiger charge is -2.27. The summed E-state index contributed by atoms with van der Waals surface area (Å²) in [7, 11) is 0. The number of piperazine rings is 1. The molecule has 5 N–H and O–H groups in total. The molecule has 4 aromatic rings. The van der Waals surface area contributed by atoms with Crippen LogP contribution in [-0.4, -0.2) is 81.1 Å². The highest BCUT2D eigenvalue weighted by molar-refractivity contribution is 6.22. The van der Waals surface area contributed by atoms with Gasteiger partial charge in [-0.15, -0.1) is 0 Å². The molecule has 0 spiro atoms. The molecule has 0 saturated carbocycles. The van der Waals surface area contributed by atoms with Gasteiger partial charge in [0.05, 0.1) is 22.5 Å². The van der Waals surface area contributed by atoms with Gasteiger partial charge in [0.1, 0.15) is 0 Å². The number of carbonyl (C=O) groups is 3. The first-order valence-corrected chi connectivity index (χ1v) is 12.6. The molecular weight excluding hydrogens is 557 g/mol. The topological polar surface area (TPSA) is 155 Å². The molecule has 5 rings (SSSR count). The van der Waals surface area contributed by atoms with E-state index in [4.69, 9.17) is 14.9 Å². The zero-order valence-corrected chi connectivity index (χ0v) is 21.9. The van der Waals surface area contributed by atoms with Crippen LogP contribution in [0.25, 0.3) is 10.9 Å². The molecule has 0 aliphatic carbocycles. The zero-order chi connectivity index (χ0) is 30.4. The van der Waals surface area contributed by atoms with Crippen molar-refractivity contribution in [2.45, 2.75) is 6.18 Å². The second-order valence-corrected chi connectivity index (χ2v) is 9.13. The Labute approximate surface area is 236 Å². The molecule has 218 valence electrons. The lowest BCUT2D eigenvalue weighted by Crippen LogP contribution is -2.46. The fourth-order valence-electron chi connectivity index (χ4n) is 4.27. The van der Waals surface area contributed by atoms with Crippen molar-refractivity contribution >= 4 is 40.1 Å². The van der Waals surface area contributed by atoms with Crippen molar-refractivity contribution in [3.63, 3.8) is 0 Å². The Kier molecular flexibility index (Phi) is 8.91. The number of aliphatic carboxylic acids is 1. The highest BCUT2D eigenvalue weighted by Gasteiger charge is 2.38. The molecule has 1 saturated heterocycles. The van der Waals surface area contributed by atoms with Gasteiger partial charge in [-0.05, 0) is 36.4 Å². The minimum atomic E-state index is -5.08. The Bertz CT molecular complexity index is 1630. The third-order valence-corrected chi connectivity index (χ3v) is 6.31. The number of aromatic nitrogens is 1. The Hall–Kier alpha value is -5.17. The molecule has 42 heavy (non-hydrogen) atoms. The monoisotopic (exact) mass is 582 g/mol. The maximum Gasteiger partial charge on any atom is 0.490 e. The van der Waals surface area contributed by atoms with Crippen LogP contribution in [0.3, 0.4) is 0 Å². The molecule has 13 heteroatoms. The first kappa shape index (κ1) is 29.8. The molecule has 0 radical (unpaired) electrons. The normalized spacial score (nSPS) is 13.8. The molecule has 0 atom stereocenters. The lowest BCUT2D eigenvalue weighted by atomic mass is 10.00. The second-order valence-electron chi connectivity index (χ2n) is 9.13. The molecule has 2 heterocycles. The van der Waals surface area contributed by atoms with E-state index in [0.29, 0.717) is 46.5 Å². The van der Waals surface area contributed by atoms with Crippen LogP contribution in [0.5, 0.6) is 5.88 Å². The summed E-state index contributed by atoms with van der Waals surface area (Å²) < 4.78 is 31.7. The highest BCUT2D eigenvalue weighted by Crippen LogP contribution is 2.32. The minimum absolute atomic E-state index is 0.00572. The van der Waals surface area contributed by atoms with Gasteiger partial charge in [-0.2, -0.15) is 13.2 Å². The average molecular weight is 583 g/mol. The predicted molar refractivity (Wildman–Crippen MR) is 148 cm³/mol. The van der Waals surface area contributed by atoms with Gasteiger partial charge >= 0.3 is 18.1 Å². The second kappa shape index (κ2) is 12.6. The van der Waals surface area contributed by atoms with Crippen LogP contribution in [0, 0.1) is 0 Å². The summed E-state index contributed by atoms with van der Waals surface area (Å²) in [5.74, 6) is -3.91. The first-order valence-electron chi connectivity index (χ1n) is 12.6. The number of carbonyl (C=O) groups excluding carboxylic acids is 1. The van der Waals surface area contributed by atoms with Crippen LogP contribution in [-0.2, 0) is 4.79 Å². The first-order chi connectivity index (χ1) is 20.0. The van der Waals surface area contributed by atoms with E-state index in [1.807, 2.05) is 35.2 Å². The number of aromatic carboxylic acids is 1. The SMILES string of the molecule is O=C(O)C(F)(F)F.O=C(O)c1ccc2c(C(=Nc3ccc(C(=O)N4CCNCC4)cc3)c3ccccc3)c(O)[nH]c2c1. The van der Waals surface area contributed by atoms with Crippen molar-refractivity contribution in [2.75, 3.05) is 26.2 Å². The Morgan fingerprint density at radius 1 is 0.833 bits per heavy atom. The number of H-pyrrole nitrogens is 1. The largest absolute Gasteiger partial charge is 0.494 e. The van der Waals surface area contributed by atoms with Crippen LogP contribution in [0.4, 0.5) is 18.9 Å². The van der Waals surface area contributed by atoms with Gasteiger partial charge in [-0.25, -0.2) is 14.6 Å². The summed E-state index contributed by atoms with van der Waals surface area (Å²) in [4.78, 5) is 42.6. The number of carboxylic acids is 2. The highest BCUT2D eigenvalue weighted by atomic mass is 19.4. The molecule has 1 fully saturated rings. The third kappa shape index (κ3) is 6.93. The van der Waals surface area contributed by atoms with Gasteiger partial charge in [0.15, 0.2) is 5.88 Å². The number of fused-ring (bicyclic) bond motifs is 1. The van der Waals surface area contributed by atoms with Gasteiger partial charge in [0, 0.05) is 48.2 Å². The summed E-state index contributed by atoms with van der Waals surface area (Å²) in [6.45, 7) is 2.94. The summed E-state index contributed by atoms with van der Waals surface area (Å²) in [5, 5.41) is 31.1. The molecule has 1 aliphatic heterocycles. The van der Waals surface area contributed by atoms with Crippen LogP contribution in [0.2, 0.25) is 0 Å². The van der Waals surface area contributed by atoms with Crippen LogP contribution >= 0.6 is 0 Å². The van der Waals surface area contributed by atoms with Crippen molar-refractivity contribution in [1.82, 2.24) is 15.2 Å². The number of aromatic hydroxyl groups is 1. The fraction of sp³-hybridized carbons (Fsp3) is 0.172. The van der Waals surface area contributed by atoms with E-state index in [9.17, 15) is 33.0 Å². The third-order valence-electron chi connectivity index (χ3n) is 6.31. The Morgan fingerprint density at radius 2 is 1.43 bits per heavy atom. The van der Waals surface area contributed by atoms with Gasteiger partial charge < -0.3 is 30.5 Å². The zero-order valence-electron chi connectivity index (χ0n) is 21.9. The molecule has 0 bridgehead atoms. The maximum absolute atomic E-state index is 12.8. The van der Waals surface area contributed by atoms with Crippen molar-refractivity contribution in [2.24, 2.45) is 4.99 Å². The molecule has 1 amide bonds. The number of carboxylic acid groups (broad SMARTS) is 2. The van der Waals surface area contributed by atoms with E-state index in [0.717, 1.165) is 18.7 Å². The van der Waals surface area contributed by atoms with Gasteiger partial charge in [-0.3, -0.25) is 4.79 Å². The van der Waals surface area contributed by atoms with E-state index in [1.54, 1.807) is 30.3 Å². The standard InChI is InChI=1S/C27H24N4O4.C2HF3O2/c32-25-23(21-11-8-19(27(34)35)16-22(21)30-25)24(17-4-2-1-3-5-17)29-20-9-6-18(7-10-20)26(33)31-14-12-28-13-15-31;3-2(4,5)1(6)7/h1-11,16,28,30,32H,12-15H2,(H,34,35);(H,6,7). The summed E-state index contributed by atoms with van der Waals surface area (Å²) in [6.07, 6.45) is -5.08. The Morgan fingerprint density at radius 3 is 2.00 bits per heavy atom. The van der Waals surface area contributed by atoms with Gasteiger partial charge in [0.2, 0.25) is 0 Å². The molecule has 3 aromatic carbocycles. The maximum atomic E-state index is 12.8. The quantitative estimate of drug-likeness (QED) is 0.218. The number of hydrogen-bond donors (Lipinski definition) is 5. The van der Waals surface area contributed by atoms with Crippen LogP contribution < -0.4 is 5.32 Å². The number of hydrogen-bond acceptors (Lipinski definition) is 6. The van der Waals surface area contributed by atoms with Gasteiger partial charge in [-0.1, -0.05) is 36.4 Å². The molecule has 1 aromatic heterocycles. The number of aromatic amines is 1. The van der Waals surface area contributed by atoms with E-state index in [2.05, 4.69) is 10.3 Å². The van der Waals surface area contributed by atoms with Crippen molar-refractivity contribution in [1.29, 1.82) is 0 Å². The number of halogens is 3. The lowest BCUT2D eigenvalue weighted by molar-refractivity contribution is -0.192. The van der Waals surface area contributed by atoms with Crippen molar-refractivity contribution < 1.29 is 42.9 Å². The fourth-order valence-corrected chi connectivity index (χ4v) is 4.27. The number of amides is 1. The number of nitrogens with one attached hydrogen (secondary N) is 2. The van der Waals surface area contributed by atoms with E-state index in [1.165, 1.54) is 12.1 Å². The summed E-state index contributed by atoms with van der Waals surface area (Å²) in [5.41, 5.74) is 3.63. The number of nitrogens with zero attached hydrogens (tertiary/aromatic N) is 2. The molecule has 1 aliphatic rings. The van der Waals surface area contributed by atoms with Gasteiger partial charge in [0.25, 0.3) is 5.91 Å². The van der Waals surface area contributed by atoms with E-state index >= 15 is 0 Å². The summed E-state index contributed by atoms with van der Waals surface area (Å²) >= 11 is 0. The Balaban J connectivity index is 0.000000517. The molecule has 0 unspecified atom stereocenters. The number of rotatable bonds is 5. The smallest absolute Gasteiger partial charge is 0.490 e. The van der Waals surface area contributed by atoms with Crippen LogP contribution in [0.15, 0.2) is 77.8 Å². The van der Waals surface area contributed by atoms with E-state index < -0.39 is 18.1 Å². The average Bonchev–Trinajstić information content (AvgIpc) is 3.31. The number of benzene rings is 3. The number of aliphatic imine (C=N–C) groups is 1. The molecular formula is C29H25F3N4O6. The van der Waals surface area contributed by atoms with Crippen molar-refractivity contribution in [3.8, 4) is 5.88 Å². The van der Waals surface area contributed by atoms with Crippen LogP contribution in [0.1, 0.15) is 31.8 Å². The predicted octanol–water partition coefficient (Wildman–Crippen LogP) is 4.42. The van der Waals surface area contributed by atoms with E-state index in [-0.39, 0.29) is 17.4 Å². The van der Waals surface area contributed by atoms with Crippen molar-refractivity contribution in [3.05, 3.63) is 95.1 Å². The molecule has 10 nitrogen and oxygen atoms in total. The summed E-state index contributed by atoms with van der Waals surface area (Å²) in [6, 6.07) is 21.2. The minimum Gasteiger partial charge on any atom is -0.494 e.